The molecule has 0 unspecified atom stereocenters. The van der Waals surface area contributed by atoms with Crippen molar-refractivity contribution in [2.24, 2.45) is 0 Å². The van der Waals surface area contributed by atoms with Crippen molar-refractivity contribution in [3.05, 3.63) is 12.2 Å². The molecule has 0 aliphatic carbocycles. The lowest BCUT2D eigenvalue weighted by Gasteiger charge is -1.80. The van der Waals surface area contributed by atoms with E-state index in [1.807, 2.05) is 6.08 Å². The van der Waals surface area contributed by atoms with Crippen LogP contribution < -0.4 is 0 Å². The van der Waals surface area contributed by atoms with Crippen molar-refractivity contribution in [2.45, 2.75) is 19.8 Å². The van der Waals surface area contributed by atoms with E-state index in [0.29, 0.717) is 0 Å². The highest BCUT2D eigenvalue weighted by atomic mass is 32.2. The van der Waals surface area contributed by atoms with Gasteiger partial charge in [0.05, 0.1) is 5.75 Å². The second-order valence-corrected chi connectivity index (χ2v) is 2.81. The molecule has 0 rings (SSSR count). The Hall–Kier alpha value is -0.310. The molecule has 0 saturated carbocycles. The Morgan fingerprint density at radius 1 is 1.33 bits per heavy atom. The van der Waals surface area contributed by atoms with Crippen molar-refractivity contribution < 1.29 is 8.42 Å². The van der Waals surface area contributed by atoms with Crippen molar-refractivity contribution in [3.63, 3.8) is 0 Å². The number of unbranched alkanes of at least 4 members (excludes halogenated alkanes) is 1. The summed E-state index contributed by atoms with van der Waals surface area (Å²) >= 11 is 0. The highest BCUT2D eigenvalue weighted by molar-refractivity contribution is 7.72. The molecule has 0 aromatic carbocycles. The van der Waals surface area contributed by atoms with E-state index in [1.54, 1.807) is 6.08 Å². The molecule has 0 bridgehead atoms. The van der Waals surface area contributed by atoms with E-state index in [9.17, 15) is 8.42 Å². The zero-order valence-electron chi connectivity index (χ0n) is 5.54. The number of thiol groups is 1. The summed E-state index contributed by atoms with van der Waals surface area (Å²) in [6.45, 7) is 2.06. The average molecular weight is 148 g/mol. The average Bonchev–Trinajstić information content (AvgIpc) is 1.80. The fourth-order valence-electron chi connectivity index (χ4n) is 0.445. The summed E-state index contributed by atoms with van der Waals surface area (Å²) in [7, 11) is -2.20. The molecule has 0 radical (unpaired) electrons. The normalized spacial score (nSPS) is 11.3. The summed E-state index contributed by atoms with van der Waals surface area (Å²) in [5, 5.41) is 0. The predicted octanol–water partition coefficient (Wildman–Crippen LogP) is 0.954. The van der Waals surface area contributed by atoms with Crippen LogP contribution >= 0.6 is 0 Å². The first kappa shape index (κ1) is 8.69. The molecule has 3 heteroatoms. The van der Waals surface area contributed by atoms with Crippen LogP contribution in [0.15, 0.2) is 12.2 Å². The molecule has 0 spiro atoms. The van der Waals surface area contributed by atoms with Crippen LogP contribution in [0.2, 0.25) is 0 Å². The minimum atomic E-state index is -2.20. The van der Waals surface area contributed by atoms with E-state index >= 15 is 0 Å². The van der Waals surface area contributed by atoms with E-state index < -0.39 is 10.7 Å². The maximum absolute atomic E-state index is 9.95. The van der Waals surface area contributed by atoms with E-state index in [4.69, 9.17) is 0 Å². The van der Waals surface area contributed by atoms with E-state index in [2.05, 4.69) is 6.92 Å². The maximum atomic E-state index is 9.95. The van der Waals surface area contributed by atoms with Crippen molar-refractivity contribution >= 4 is 10.7 Å². The third-order valence-electron chi connectivity index (χ3n) is 0.876. The largest absolute Gasteiger partial charge is 0.232 e. The summed E-state index contributed by atoms with van der Waals surface area (Å²) in [6.07, 6.45) is 5.63. The van der Waals surface area contributed by atoms with Crippen LogP contribution in [0.3, 0.4) is 0 Å². The first-order valence-electron chi connectivity index (χ1n) is 3.04. The molecular weight excluding hydrogens is 136 g/mol. The van der Waals surface area contributed by atoms with Gasteiger partial charge >= 0.3 is 0 Å². The van der Waals surface area contributed by atoms with Gasteiger partial charge in [0.15, 0.2) is 0 Å². The van der Waals surface area contributed by atoms with Gasteiger partial charge in [-0.05, 0) is 6.42 Å². The molecule has 0 aliphatic rings. The lowest BCUT2D eigenvalue weighted by molar-refractivity contribution is 0.617. The monoisotopic (exact) mass is 148 g/mol. The zero-order chi connectivity index (χ0) is 7.11. The van der Waals surface area contributed by atoms with Gasteiger partial charge in [-0.25, -0.2) is 8.42 Å². The van der Waals surface area contributed by atoms with Crippen LogP contribution in [-0.4, -0.2) is 14.2 Å². The van der Waals surface area contributed by atoms with Gasteiger partial charge in [-0.3, -0.25) is 0 Å². The molecule has 0 heterocycles. The number of hydrogen-bond donors (Lipinski definition) is 1. The summed E-state index contributed by atoms with van der Waals surface area (Å²) in [5.41, 5.74) is 0. The minimum absolute atomic E-state index is 0.190. The first-order chi connectivity index (χ1) is 4.27. The van der Waals surface area contributed by atoms with E-state index in [-0.39, 0.29) is 5.75 Å². The molecule has 0 atom stereocenters. The Morgan fingerprint density at radius 3 is 2.44 bits per heavy atom. The number of hydrogen-bond acceptors (Lipinski definition) is 2. The van der Waals surface area contributed by atoms with Crippen molar-refractivity contribution in [2.75, 3.05) is 5.75 Å². The summed E-state index contributed by atoms with van der Waals surface area (Å²) in [4.78, 5) is 0. The molecule has 9 heavy (non-hydrogen) atoms. The SMILES string of the molecule is CCCC=CC[SH](=O)=O. The quantitative estimate of drug-likeness (QED) is 0.476. The van der Waals surface area contributed by atoms with E-state index in [0.717, 1.165) is 12.8 Å². The third-order valence-corrected chi connectivity index (χ3v) is 1.39. The van der Waals surface area contributed by atoms with Crippen molar-refractivity contribution in [3.8, 4) is 0 Å². The van der Waals surface area contributed by atoms with Crippen LogP contribution in [-0.2, 0) is 10.7 Å². The predicted molar refractivity (Wildman–Crippen MR) is 39.2 cm³/mol. The molecule has 0 amide bonds. The molecule has 0 N–H and O–H groups in total. The zero-order valence-corrected chi connectivity index (χ0v) is 6.43. The lowest BCUT2D eigenvalue weighted by atomic mass is 10.3. The Bertz CT molecular complexity index is 139. The Morgan fingerprint density at radius 2 is 2.00 bits per heavy atom. The van der Waals surface area contributed by atoms with Gasteiger partial charge in [-0.1, -0.05) is 25.5 Å². The summed E-state index contributed by atoms with van der Waals surface area (Å²) in [5.74, 6) is 0.190. The standard InChI is InChI=1S/C6H12O2S/c1-2-3-4-5-6-9(7)8/h4-5,9H,2-3,6H2,1H3. The highest BCUT2D eigenvalue weighted by Crippen LogP contribution is 1.87. The van der Waals surface area contributed by atoms with Gasteiger partial charge in [0, 0.05) is 0 Å². The topological polar surface area (TPSA) is 34.1 Å². The second-order valence-electron chi connectivity index (χ2n) is 1.78. The lowest BCUT2D eigenvalue weighted by Crippen LogP contribution is -1.78. The van der Waals surface area contributed by atoms with E-state index in [1.165, 1.54) is 0 Å². The van der Waals surface area contributed by atoms with Crippen LogP contribution in [0.25, 0.3) is 0 Å². The smallest absolute Gasteiger partial charge is 0.143 e. The number of rotatable bonds is 4. The van der Waals surface area contributed by atoms with Crippen LogP contribution in [0, 0.1) is 0 Å². The molecule has 0 fully saturated rings. The summed E-state index contributed by atoms with van der Waals surface area (Å²) < 4.78 is 19.9. The molecule has 2 nitrogen and oxygen atoms in total. The number of allylic oxidation sites excluding steroid dienone is 1. The van der Waals surface area contributed by atoms with Gasteiger partial charge in [-0.2, -0.15) is 0 Å². The van der Waals surface area contributed by atoms with Gasteiger partial charge in [-0.15, -0.1) is 0 Å². The molecular formula is C6H12O2S. The Kier molecular flexibility index (Phi) is 5.62. The first-order valence-corrected chi connectivity index (χ1v) is 4.40. The van der Waals surface area contributed by atoms with Gasteiger partial charge in [0.2, 0.25) is 0 Å². The fraction of sp³-hybridized carbons (Fsp3) is 0.667. The Labute approximate surface area is 57.5 Å². The van der Waals surface area contributed by atoms with Crippen molar-refractivity contribution in [1.82, 2.24) is 0 Å². The summed E-state index contributed by atoms with van der Waals surface area (Å²) in [6, 6.07) is 0. The fourth-order valence-corrected chi connectivity index (χ4v) is 0.766. The maximum Gasteiger partial charge on any atom is 0.143 e. The van der Waals surface area contributed by atoms with Gasteiger partial charge in [0.25, 0.3) is 0 Å². The van der Waals surface area contributed by atoms with Crippen LogP contribution in [0.1, 0.15) is 19.8 Å². The highest BCUT2D eigenvalue weighted by Gasteiger charge is 1.77. The molecule has 0 aromatic heterocycles. The van der Waals surface area contributed by atoms with Crippen LogP contribution in [0.5, 0.6) is 0 Å². The third kappa shape index (κ3) is 7.69. The molecule has 0 saturated heterocycles. The molecule has 0 aliphatic heterocycles. The van der Waals surface area contributed by atoms with Gasteiger partial charge in [0.1, 0.15) is 10.7 Å². The molecule has 0 aromatic rings. The van der Waals surface area contributed by atoms with Gasteiger partial charge < -0.3 is 0 Å². The van der Waals surface area contributed by atoms with Crippen LogP contribution in [0.4, 0.5) is 0 Å². The second kappa shape index (κ2) is 5.82. The van der Waals surface area contributed by atoms with Crippen molar-refractivity contribution in [1.29, 1.82) is 0 Å². The minimum Gasteiger partial charge on any atom is -0.232 e. The Balaban J connectivity index is 3.25. The molecule has 54 valence electrons.